The number of hydrogen-bond donors (Lipinski definition) is 2. The number of anilines is 2. The predicted octanol–water partition coefficient (Wildman–Crippen LogP) is 3.62. The van der Waals surface area contributed by atoms with Crippen LogP contribution in [-0.4, -0.2) is 31.7 Å². The molecule has 0 amide bonds. The number of hydrogen-bond acceptors (Lipinski definition) is 3. The van der Waals surface area contributed by atoms with E-state index < -0.39 is 0 Å². The summed E-state index contributed by atoms with van der Waals surface area (Å²) in [6, 6.07) is 10.0. The fraction of sp³-hybridized carbons (Fsp3) is 0.667. The van der Waals surface area contributed by atoms with E-state index in [9.17, 15) is 0 Å². The summed E-state index contributed by atoms with van der Waals surface area (Å²) in [4.78, 5) is 2.55. The van der Waals surface area contributed by atoms with Gasteiger partial charge in [0, 0.05) is 25.2 Å². The van der Waals surface area contributed by atoms with Crippen molar-refractivity contribution in [3.8, 4) is 0 Å². The first-order chi connectivity index (χ1) is 10.3. The minimum atomic E-state index is 0.520. The van der Waals surface area contributed by atoms with Crippen LogP contribution in [0.2, 0.25) is 0 Å². The molecule has 2 fully saturated rings. The Kier molecular flexibility index (Phi) is 5.02. The average molecular weight is 287 g/mol. The molecular formula is C18H29N3. The molecule has 2 aliphatic rings. The molecule has 2 saturated heterocycles. The number of nitrogens with one attached hydrogen (secondary N) is 2. The van der Waals surface area contributed by atoms with Crippen molar-refractivity contribution >= 4 is 11.4 Å². The maximum Gasteiger partial charge on any atom is 0.0602 e. The van der Waals surface area contributed by atoms with Crippen LogP contribution in [0.5, 0.6) is 0 Å². The van der Waals surface area contributed by atoms with E-state index in [-0.39, 0.29) is 0 Å². The van der Waals surface area contributed by atoms with Crippen LogP contribution < -0.4 is 15.5 Å². The van der Waals surface area contributed by atoms with Gasteiger partial charge in [-0.05, 0) is 64.1 Å². The lowest BCUT2D eigenvalue weighted by Crippen LogP contribution is -2.32. The lowest BCUT2D eigenvalue weighted by Gasteiger charge is -2.31. The number of nitrogens with zero attached hydrogens (tertiary/aromatic N) is 1. The molecule has 2 aliphatic heterocycles. The molecule has 0 saturated carbocycles. The summed E-state index contributed by atoms with van der Waals surface area (Å²) < 4.78 is 0. The zero-order valence-corrected chi connectivity index (χ0v) is 13.3. The minimum absolute atomic E-state index is 0.520. The summed E-state index contributed by atoms with van der Waals surface area (Å²) in [7, 11) is 0. The summed E-state index contributed by atoms with van der Waals surface area (Å²) in [5.74, 6) is 0. The van der Waals surface area contributed by atoms with Gasteiger partial charge in [0.1, 0.15) is 0 Å². The Hall–Kier alpha value is -1.22. The average Bonchev–Trinajstić information content (AvgIpc) is 3.01. The molecule has 116 valence electrons. The van der Waals surface area contributed by atoms with Gasteiger partial charge in [-0.3, -0.25) is 0 Å². The van der Waals surface area contributed by atoms with Crippen molar-refractivity contribution in [1.82, 2.24) is 5.32 Å². The third-order valence-electron chi connectivity index (χ3n) is 4.80. The van der Waals surface area contributed by atoms with Crippen LogP contribution in [0.25, 0.3) is 0 Å². The van der Waals surface area contributed by atoms with Crippen molar-refractivity contribution in [3.63, 3.8) is 0 Å². The van der Waals surface area contributed by atoms with E-state index in [1.54, 1.807) is 0 Å². The Bertz CT molecular complexity index is 434. The van der Waals surface area contributed by atoms with Crippen molar-refractivity contribution in [3.05, 3.63) is 24.3 Å². The Morgan fingerprint density at radius 1 is 1.19 bits per heavy atom. The standard InChI is InChI=1S/C18H29N3/c1-15(14-16-8-7-11-19-16)20-17-9-3-4-10-18(17)21-12-5-2-6-13-21/h3-4,9-10,15-16,19-20H,2,5-8,11-14H2,1H3. The predicted molar refractivity (Wildman–Crippen MR) is 91.2 cm³/mol. The fourth-order valence-electron chi connectivity index (χ4n) is 3.72. The second-order valence-electron chi connectivity index (χ2n) is 6.64. The first-order valence-electron chi connectivity index (χ1n) is 8.67. The maximum atomic E-state index is 3.75. The lowest BCUT2D eigenvalue weighted by molar-refractivity contribution is 0.523. The third-order valence-corrected chi connectivity index (χ3v) is 4.80. The second-order valence-corrected chi connectivity index (χ2v) is 6.64. The largest absolute Gasteiger partial charge is 0.381 e. The molecular weight excluding hydrogens is 258 g/mol. The van der Waals surface area contributed by atoms with Crippen LogP contribution >= 0.6 is 0 Å². The van der Waals surface area contributed by atoms with Crippen molar-refractivity contribution in [1.29, 1.82) is 0 Å². The van der Waals surface area contributed by atoms with E-state index in [1.807, 2.05) is 0 Å². The molecule has 3 heteroatoms. The number of piperidine rings is 1. The summed E-state index contributed by atoms with van der Waals surface area (Å²) >= 11 is 0. The Balaban J connectivity index is 1.63. The van der Waals surface area contributed by atoms with Gasteiger partial charge >= 0.3 is 0 Å². The molecule has 2 heterocycles. The third kappa shape index (κ3) is 3.91. The quantitative estimate of drug-likeness (QED) is 0.866. The Labute approximate surface area is 129 Å². The normalized spacial score (nSPS) is 24.0. The summed E-state index contributed by atoms with van der Waals surface area (Å²) in [6.45, 7) is 5.92. The van der Waals surface area contributed by atoms with E-state index in [0.717, 1.165) is 0 Å². The van der Waals surface area contributed by atoms with E-state index >= 15 is 0 Å². The fourth-order valence-corrected chi connectivity index (χ4v) is 3.72. The van der Waals surface area contributed by atoms with Gasteiger partial charge in [0.05, 0.1) is 11.4 Å². The highest BCUT2D eigenvalue weighted by molar-refractivity contribution is 5.70. The molecule has 3 nitrogen and oxygen atoms in total. The first kappa shape index (κ1) is 14.7. The minimum Gasteiger partial charge on any atom is -0.381 e. The van der Waals surface area contributed by atoms with Gasteiger partial charge in [0.15, 0.2) is 0 Å². The van der Waals surface area contributed by atoms with Crippen LogP contribution in [0.3, 0.4) is 0 Å². The molecule has 0 bridgehead atoms. The van der Waals surface area contributed by atoms with Crippen LogP contribution in [0.1, 0.15) is 45.4 Å². The summed E-state index contributed by atoms with van der Waals surface area (Å²) in [5, 5.41) is 7.35. The summed E-state index contributed by atoms with van der Waals surface area (Å²) in [5.41, 5.74) is 2.70. The monoisotopic (exact) mass is 287 g/mol. The van der Waals surface area contributed by atoms with Gasteiger partial charge in [-0.2, -0.15) is 0 Å². The summed E-state index contributed by atoms with van der Waals surface area (Å²) in [6.07, 6.45) is 7.93. The van der Waals surface area contributed by atoms with Gasteiger partial charge < -0.3 is 15.5 Å². The van der Waals surface area contributed by atoms with E-state index in [0.29, 0.717) is 12.1 Å². The van der Waals surface area contributed by atoms with E-state index in [2.05, 4.69) is 46.7 Å². The molecule has 0 radical (unpaired) electrons. The molecule has 1 aromatic rings. The lowest BCUT2D eigenvalue weighted by atomic mass is 10.1. The van der Waals surface area contributed by atoms with E-state index in [4.69, 9.17) is 0 Å². The van der Waals surface area contributed by atoms with Crippen LogP contribution in [0, 0.1) is 0 Å². The van der Waals surface area contributed by atoms with Crippen LogP contribution in [0.15, 0.2) is 24.3 Å². The zero-order valence-electron chi connectivity index (χ0n) is 13.3. The molecule has 3 rings (SSSR count). The van der Waals surface area contributed by atoms with Gasteiger partial charge in [-0.15, -0.1) is 0 Å². The van der Waals surface area contributed by atoms with Gasteiger partial charge in [0.25, 0.3) is 0 Å². The highest BCUT2D eigenvalue weighted by atomic mass is 15.2. The van der Waals surface area contributed by atoms with Gasteiger partial charge in [-0.1, -0.05) is 12.1 Å². The molecule has 21 heavy (non-hydrogen) atoms. The van der Waals surface area contributed by atoms with Gasteiger partial charge in [-0.25, -0.2) is 0 Å². The smallest absolute Gasteiger partial charge is 0.0602 e. The van der Waals surface area contributed by atoms with E-state index in [1.165, 1.54) is 69.5 Å². The SMILES string of the molecule is CC(CC1CCCN1)Nc1ccccc1N1CCCCC1. The Morgan fingerprint density at radius 3 is 2.76 bits per heavy atom. The number of benzene rings is 1. The van der Waals surface area contributed by atoms with Crippen molar-refractivity contribution in [2.45, 2.75) is 57.5 Å². The molecule has 2 unspecified atom stereocenters. The highest BCUT2D eigenvalue weighted by Crippen LogP contribution is 2.29. The molecule has 0 aliphatic carbocycles. The van der Waals surface area contributed by atoms with Crippen molar-refractivity contribution in [2.75, 3.05) is 29.9 Å². The topological polar surface area (TPSA) is 27.3 Å². The molecule has 0 aromatic heterocycles. The second kappa shape index (κ2) is 7.17. The van der Waals surface area contributed by atoms with Crippen LogP contribution in [0.4, 0.5) is 11.4 Å². The number of rotatable bonds is 5. The Morgan fingerprint density at radius 2 is 2.00 bits per heavy atom. The zero-order chi connectivity index (χ0) is 14.5. The van der Waals surface area contributed by atoms with Crippen molar-refractivity contribution < 1.29 is 0 Å². The molecule has 1 aromatic carbocycles. The highest BCUT2D eigenvalue weighted by Gasteiger charge is 2.19. The molecule has 2 atom stereocenters. The van der Waals surface area contributed by atoms with Gasteiger partial charge in [0.2, 0.25) is 0 Å². The molecule has 0 spiro atoms. The first-order valence-corrected chi connectivity index (χ1v) is 8.67. The molecule has 2 N–H and O–H groups in total. The maximum absolute atomic E-state index is 3.75. The number of para-hydroxylation sites is 2. The van der Waals surface area contributed by atoms with Crippen LogP contribution in [-0.2, 0) is 0 Å². The van der Waals surface area contributed by atoms with Crippen molar-refractivity contribution in [2.24, 2.45) is 0 Å².